The van der Waals surface area contributed by atoms with E-state index in [0.717, 1.165) is 58.7 Å². The Kier molecular flexibility index (Phi) is 9.96. The molecular formula is C39H47F2N3O6. The maximum atomic E-state index is 14.7. The van der Waals surface area contributed by atoms with E-state index in [2.05, 4.69) is 11.8 Å². The molecule has 2 aromatic carbocycles. The van der Waals surface area contributed by atoms with E-state index in [-0.39, 0.29) is 18.0 Å². The van der Waals surface area contributed by atoms with E-state index < -0.39 is 35.4 Å². The summed E-state index contributed by atoms with van der Waals surface area (Å²) in [5.74, 6) is -1.44. The molecule has 1 fully saturated rings. The number of hydrogen-bond acceptors (Lipinski definition) is 8. The highest BCUT2D eigenvalue weighted by Crippen LogP contribution is 2.42. The Hall–Kier alpha value is -4.06. The summed E-state index contributed by atoms with van der Waals surface area (Å²) in [6, 6.07) is 9.76. The molecule has 6 bridgehead atoms. The minimum absolute atomic E-state index is 0.210. The lowest BCUT2D eigenvalue weighted by molar-refractivity contribution is -0.164. The molecule has 268 valence electrons. The van der Waals surface area contributed by atoms with E-state index in [0.29, 0.717) is 43.1 Å². The number of hydrogen-bond donors (Lipinski definition) is 0. The standard InChI is InChI=1S/C39H47F2N3O6/c1-23-22-47-16-17-48-39(7)12-14-43(15-13-39)36-33(34(37(45)46-8)50-38(4,5)6)24(2)25(3)35-42-31(21-44(35)36)27-11-9-10-26(18-27)28-19-29(40)30(41)20-32(28)49-23/h9-11,18-21,23,34H,12-17,22H2,1-8H3/t23-,34-/m0/s1. The first-order valence-electron chi connectivity index (χ1n) is 17.2. The minimum atomic E-state index is -0.996. The number of pyridine rings is 1. The van der Waals surface area contributed by atoms with Crippen molar-refractivity contribution in [3.8, 4) is 28.1 Å². The van der Waals surface area contributed by atoms with Crippen LogP contribution in [0.4, 0.5) is 14.6 Å². The summed E-state index contributed by atoms with van der Waals surface area (Å²) in [7, 11) is 1.38. The quantitative estimate of drug-likeness (QED) is 0.159. The zero-order valence-corrected chi connectivity index (χ0v) is 30.2. The molecule has 3 aliphatic rings. The van der Waals surface area contributed by atoms with Gasteiger partial charge in [-0.3, -0.25) is 4.40 Å². The fourth-order valence-corrected chi connectivity index (χ4v) is 6.82. The van der Waals surface area contributed by atoms with Crippen molar-refractivity contribution in [2.45, 2.75) is 84.7 Å². The van der Waals surface area contributed by atoms with Gasteiger partial charge in [0.25, 0.3) is 0 Å². The normalized spacial score (nSPS) is 20.8. The summed E-state index contributed by atoms with van der Waals surface area (Å²) < 4.78 is 61.5. The SMILES string of the molecule is COC(=O)[C@@H](OC(C)(C)C)c1c(C)c(C)c2nc3cn2c1N1CCC(C)(CC1)OCCOC[C@H](C)Oc1cc(F)c(F)cc1-c1cccc-3c1. The van der Waals surface area contributed by atoms with Crippen LogP contribution in [0.25, 0.3) is 28.0 Å². The zero-order chi connectivity index (χ0) is 36.0. The maximum absolute atomic E-state index is 14.7. The number of nitrogens with zero attached hydrogens (tertiary/aromatic N) is 3. The number of halogens is 2. The third kappa shape index (κ3) is 7.22. The first kappa shape index (κ1) is 35.8. The molecule has 3 aliphatic heterocycles. The molecule has 1 saturated heterocycles. The number of piperidine rings is 1. The Balaban J connectivity index is 1.58. The van der Waals surface area contributed by atoms with Gasteiger partial charge in [0, 0.05) is 42.0 Å². The van der Waals surface area contributed by atoms with Crippen LogP contribution in [0.5, 0.6) is 5.75 Å². The molecule has 0 radical (unpaired) electrons. The van der Waals surface area contributed by atoms with Gasteiger partial charge in [0.05, 0.1) is 43.8 Å². The fourth-order valence-electron chi connectivity index (χ4n) is 6.82. The number of carbonyl (C=O) groups is 1. The van der Waals surface area contributed by atoms with E-state index in [1.54, 1.807) is 0 Å². The van der Waals surface area contributed by atoms with Crippen LogP contribution >= 0.6 is 0 Å². The van der Waals surface area contributed by atoms with Gasteiger partial charge in [-0.25, -0.2) is 18.6 Å². The molecule has 11 heteroatoms. The molecule has 0 amide bonds. The lowest BCUT2D eigenvalue weighted by atomic mass is 9.92. The van der Waals surface area contributed by atoms with Crippen LogP contribution in [-0.4, -0.2) is 72.7 Å². The van der Waals surface area contributed by atoms with Crippen molar-refractivity contribution in [3.63, 3.8) is 0 Å². The molecule has 0 aliphatic carbocycles. The second-order valence-electron chi connectivity index (χ2n) is 14.6. The van der Waals surface area contributed by atoms with Crippen molar-refractivity contribution < 1.29 is 37.3 Å². The Morgan fingerprint density at radius 1 is 1.04 bits per heavy atom. The Labute approximate surface area is 292 Å². The highest BCUT2D eigenvalue weighted by molar-refractivity contribution is 5.82. The molecular weight excluding hydrogens is 644 g/mol. The van der Waals surface area contributed by atoms with Gasteiger partial charge >= 0.3 is 5.97 Å². The average molecular weight is 692 g/mol. The molecule has 50 heavy (non-hydrogen) atoms. The zero-order valence-electron chi connectivity index (χ0n) is 30.2. The summed E-state index contributed by atoms with van der Waals surface area (Å²) in [6.07, 6.45) is 2.03. The van der Waals surface area contributed by atoms with Crippen molar-refractivity contribution in [2.75, 3.05) is 44.9 Å². The molecule has 0 saturated carbocycles. The van der Waals surface area contributed by atoms with Crippen LogP contribution in [0.2, 0.25) is 0 Å². The van der Waals surface area contributed by atoms with Gasteiger partial charge in [0.2, 0.25) is 0 Å². The molecule has 0 unspecified atom stereocenters. The van der Waals surface area contributed by atoms with E-state index in [4.69, 9.17) is 28.7 Å². The minimum Gasteiger partial charge on any atom is -0.488 e. The van der Waals surface area contributed by atoms with Gasteiger partial charge in [0.15, 0.2) is 17.7 Å². The van der Waals surface area contributed by atoms with E-state index in [1.165, 1.54) is 7.11 Å². The van der Waals surface area contributed by atoms with Crippen molar-refractivity contribution >= 4 is 17.4 Å². The summed E-state index contributed by atoms with van der Waals surface area (Å²) in [5.41, 5.74) is 4.70. The van der Waals surface area contributed by atoms with E-state index in [9.17, 15) is 13.6 Å². The van der Waals surface area contributed by atoms with Crippen LogP contribution in [0.1, 0.15) is 70.3 Å². The van der Waals surface area contributed by atoms with Crippen LogP contribution in [0, 0.1) is 25.5 Å². The van der Waals surface area contributed by atoms with Gasteiger partial charge in [-0.15, -0.1) is 0 Å². The molecule has 0 N–H and O–H groups in total. The number of methoxy groups -OCH3 is 1. The summed E-state index contributed by atoms with van der Waals surface area (Å²) in [4.78, 5) is 20.9. The third-order valence-electron chi connectivity index (χ3n) is 9.60. The third-order valence-corrected chi connectivity index (χ3v) is 9.60. The van der Waals surface area contributed by atoms with Crippen LogP contribution in [0.15, 0.2) is 42.6 Å². The topological polar surface area (TPSA) is 83.8 Å². The predicted molar refractivity (Wildman–Crippen MR) is 188 cm³/mol. The van der Waals surface area contributed by atoms with Crippen molar-refractivity contribution in [2.24, 2.45) is 0 Å². The highest BCUT2D eigenvalue weighted by Gasteiger charge is 2.38. The lowest BCUT2D eigenvalue weighted by Gasteiger charge is -2.42. The first-order chi connectivity index (χ1) is 23.7. The monoisotopic (exact) mass is 691 g/mol. The number of esters is 1. The number of anilines is 1. The van der Waals surface area contributed by atoms with Crippen LogP contribution in [0.3, 0.4) is 0 Å². The lowest BCUT2D eigenvalue weighted by Crippen LogP contribution is -2.46. The number of imidazole rings is 1. The molecule has 4 aromatic rings. The molecule has 0 spiro atoms. The number of benzene rings is 2. The van der Waals surface area contributed by atoms with Crippen LogP contribution in [-0.2, 0) is 23.7 Å². The summed E-state index contributed by atoms with van der Waals surface area (Å²) in [6.45, 7) is 16.0. The van der Waals surface area contributed by atoms with Gasteiger partial charge in [-0.1, -0.05) is 18.2 Å². The molecule has 2 atom stereocenters. The summed E-state index contributed by atoms with van der Waals surface area (Å²) >= 11 is 0. The number of rotatable bonds is 3. The Morgan fingerprint density at radius 3 is 2.44 bits per heavy atom. The number of aromatic nitrogens is 2. The molecule has 2 aromatic heterocycles. The first-order valence-corrected chi connectivity index (χ1v) is 17.2. The predicted octanol–water partition coefficient (Wildman–Crippen LogP) is 7.77. The molecule has 5 heterocycles. The number of ether oxygens (including phenoxy) is 5. The van der Waals surface area contributed by atoms with Gasteiger partial charge in [-0.05, 0) is 90.1 Å². The Morgan fingerprint density at radius 2 is 1.74 bits per heavy atom. The average Bonchev–Trinajstić information content (AvgIpc) is 3.52. The second kappa shape index (κ2) is 13.9. The van der Waals surface area contributed by atoms with E-state index >= 15 is 0 Å². The van der Waals surface area contributed by atoms with Crippen LogP contribution < -0.4 is 9.64 Å². The second-order valence-corrected chi connectivity index (χ2v) is 14.6. The number of fused-ring (bicyclic) bond motifs is 8. The number of aryl methyl sites for hydroxylation is 1. The maximum Gasteiger partial charge on any atom is 0.339 e. The van der Waals surface area contributed by atoms with Gasteiger partial charge in [0.1, 0.15) is 23.3 Å². The highest BCUT2D eigenvalue weighted by atomic mass is 19.2. The van der Waals surface area contributed by atoms with Crippen molar-refractivity contribution in [3.05, 3.63) is 70.9 Å². The Bertz CT molecular complexity index is 1890. The smallest absolute Gasteiger partial charge is 0.339 e. The van der Waals surface area contributed by atoms with Crippen molar-refractivity contribution in [1.82, 2.24) is 9.38 Å². The molecule has 7 rings (SSSR count). The largest absolute Gasteiger partial charge is 0.488 e. The van der Waals surface area contributed by atoms with Crippen molar-refractivity contribution in [1.29, 1.82) is 0 Å². The summed E-state index contributed by atoms with van der Waals surface area (Å²) in [5, 5.41) is 0. The molecule has 9 nitrogen and oxygen atoms in total. The fraction of sp³-hybridized carbons (Fsp3) is 0.487. The van der Waals surface area contributed by atoms with E-state index in [1.807, 2.05) is 76.4 Å². The van der Waals surface area contributed by atoms with Gasteiger partial charge < -0.3 is 28.6 Å². The number of carbonyl (C=O) groups excluding carboxylic acids is 1. The van der Waals surface area contributed by atoms with Gasteiger partial charge in [-0.2, -0.15) is 0 Å².